The number of rotatable bonds is 12. The Bertz CT molecular complexity index is 906. The topological polar surface area (TPSA) is 39.7 Å². The van der Waals surface area contributed by atoms with Gasteiger partial charge in [-0.05, 0) is 55.3 Å². The van der Waals surface area contributed by atoms with Crippen LogP contribution in [0, 0.1) is 0 Å². The fourth-order valence-electron chi connectivity index (χ4n) is 2.79. The van der Waals surface area contributed by atoms with Crippen LogP contribution in [0.4, 0.5) is 5.69 Å². The third-order valence-corrected chi connectivity index (χ3v) is 4.81. The smallest absolute Gasteiger partial charge is 0.142 e. The van der Waals surface area contributed by atoms with Crippen LogP contribution in [-0.4, -0.2) is 26.4 Å². The molecule has 0 fully saturated rings. The second-order valence-corrected chi connectivity index (χ2v) is 7.41. The molecule has 3 aromatic rings. The lowest BCUT2D eigenvalue weighted by Gasteiger charge is -2.14. The zero-order valence-corrected chi connectivity index (χ0v) is 18.2. The molecular formula is C24H25Cl2NO3. The van der Waals surface area contributed by atoms with Crippen molar-refractivity contribution in [1.29, 1.82) is 0 Å². The van der Waals surface area contributed by atoms with Gasteiger partial charge < -0.3 is 19.5 Å². The zero-order chi connectivity index (χ0) is 21.0. The fourth-order valence-corrected chi connectivity index (χ4v) is 3.25. The van der Waals surface area contributed by atoms with Crippen LogP contribution < -0.4 is 19.5 Å². The Hall–Kier alpha value is -2.56. The van der Waals surface area contributed by atoms with Gasteiger partial charge >= 0.3 is 0 Å². The minimum atomic E-state index is 0.475. The average molecular weight is 446 g/mol. The third-order valence-electron chi connectivity index (χ3n) is 4.28. The van der Waals surface area contributed by atoms with E-state index in [9.17, 15) is 0 Å². The van der Waals surface area contributed by atoms with Crippen LogP contribution in [-0.2, 0) is 0 Å². The maximum absolute atomic E-state index is 6.11. The molecule has 0 radical (unpaired) electrons. The lowest BCUT2D eigenvalue weighted by atomic mass is 10.2. The van der Waals surface area contributed by atoms with Gasteiger partial charge in [-0.1, -0.05) is 53.5 Å². The molecule has 0 aliphatic heterocycles. The van der Waals surface area contributed by atoms with E-state index in [0.717, 1.165) is 36.6 Å². The van der Waals surface area contributed by atoms with Crippen molar-refractivity contribution in [3.8, 4) is 17.2 Å². The first kappa shape index (κ1) is 22.1. The molecule has 4 nitrogen and oxygen atoms in total. The predicted molar refractivity (Wildman–Crippen MR) is 124 cm³/mol. The minimum Gasteiger partial charge on any atom is -0.492 e. The molecule has 0 atom stereocenters. The summed E-state index contributed by atoms with van der Waals surface area (Å²) >= 11 is 12.0. The molecule has 3 aromatic carbocycles. The number of unbranched alkanes of at least 4 members (excludes halogenated alkanes) is 1. The van der Waals surface area contributed by atoms with Crippen LogP contribution in [0.2, 0.25) is 10.0 Å². The van der Waals surface area contributed by atoms with E-state index in [1.165, 1.54) is 0 Å². The maximum Gasteiger partial charge on any atom is 0.142 e. The molecule has 3 rings (SSSR count). The highest BCUT2D eigenvalue weighted by atomic mass is 35.5. The van der Waals surface area contributed by atoms with Gasteiger partial charge in [-0.3, -0.25) is 0 Å². The lowest BCUT2D eigenvalue weighted by molar-refractivity contribution is 0.218. The predicted octanol–water partition coefficient (Wildman–Crippen LogP) is 6.72. The van der Waals surface area contributed by atoms with Crippen LogP contribution in [0.25, 0.3) is 0 Å². The zero-order valence-electron chi connectivity index (χ0n) is 16.7. The number of ether oxygens (including phenoxy) is 3. The van der Waals surface area contributed by atoms with Crippen LogP contribution in [0.15, 0.2) is 72.8 Å². The molecule has 0 unspecified atom stereocenters. The van der Waals surface area contributed by atoms with Gasteiger partial charge in [0.25, 0.3) is 0 Å². The van der Waals surface area contributed by atoms with Gasteiger partial charge in [0, 0.05) is 11.6 Å². The Kier molecular flexibility index (Phi) is 9.01. The maximum atomic E-state index is 6.11. The van der Waals surface area contributed by atoms with E-state index in [4.69, 9.17) is 37.4 Å². The second kappa shape index (κ2) is 12.2. The number of benzene rings is 3. The molecule has 0 spiro atoms. The van der Waals surface area contributed by atoms with E-state index >= 15 is 0 Å². The Morgan fingerprint density at radius 3 is 2.23 bits per heavy atom. The molecule has 0 aliphatic rings. The minimum absolute atomic E-state index is 0.475. The average Bonchev–Trinajstić information content (AvgIpc) is 2.76. The quantitative estimate of drug-likeness (QED) is 0.314. The van der Waals surface area contributed by atoms with Gasteiger partial charge in [0.15, 0.2) is 0 Å². The molecule has 0 aromatic heterocycles. The lowest BCUT2D eigenvalue weighted by Crippen LogP contribution is -2.11. The number of hydrogen-bond acceptors (Lipinski definition) is 4. The largest absolute Gasteiger partial charge is 0.492 e. The van der Waals surface area contributed by atoms with Gasteiger partial charge in [0.1, 0.15) is 30.5 Å². The first-order chi connectivity index (χ1) is 14.7. The molecule has 0 aliphatic carbocycles. The highest BCUT2D eigenvalue weighted by molar-refractivity contribution is 6.35. The summed E-state index contributed by atoms with van der Waals surface area (Å²) in [5.41, 5.74) is 0.971. The number of halogens is 2. The Morgan fingerprint density at radius 2 is 1.40 bits per heavy atom. The molecule has 0 saturated carbocycles. The summed E-state index contributed by atoms with van der Waals surface area (Å²) in [6.45, 7) is 2.38. The van der Waals surface area contributed by atoms with Crippen LogP contribution in [0.3, 0.4) is 0 Å². The normalized spacial score (nSPS) is 10.5. The van der Waals surface area contributed by atoms with Gasteiger partial charge in [-0.2, -0.15) is 0 Å². The number of nitrogens with one attached hydrogen (secondary N) is 1. The van der Waals surface area contributed by atoms with E-state index in [1.807, 2.05) is 54.6 Å². The Morgan fingerprint density at radius 1 is 0.667 bits per heavy atom. The SMILES string of the molecule is Clc1ccc(OCCCCNc2ccccc2OCCOc2ccccc2)c(Cl)c1. The number of hydrogen-bond donors (Lipinski definition) is 1. The first-order valence-corrected chi connectivity index (χ1v) is 10.7. The van der Waals surface area contributed by atoms with E-state index in [0.29, 0.717) is 35.6 Å². The molecule has 0 bridgehead atoms. The van der Waals surface area contributed by atoms with Crippen molar-refractivity contribution in [2.24, 2.45) is 0 Å². The Labute approximate surface area is 187 Å². The van der Waals surface area contributed by atoms with E-state index in [1.54, 1.807) is 18.2 Å². The summed E-state index contributed by atoms with van der Waals surface area (Å²) in [5.74, 6) is 2.32. The molecular weight excluding hydrogens is 421 g/mol. The highest BCUT2D eigenvalue weighted by Crippen LogP contribution is 2.27. The van der Waals surface area contributed by atoms with Crippen LogP contribution in [0.1, 0.15) is 12.8 Å². The standard InChI is InChI=1S/C24H25Cl2NO3/c25-19-12-13-23(21(26)18-19)29-15-7-6-14-27-22-10-4-5-11-24(22)30-17-16-28-20-8-2-1-3-9-20/h1-5,8-13,18,27H,6-7,14-17H2. The summed E-state index contributed by atoms with van der Waals surface area (Å²) in [6, 6.07) is 22.9. The van der Waals surface area contributed by atoms with Crippen molar-refractivity contribution in [3.05, 3.63) is 82.8 Å². The van der Waals surface area contributed by atoms with Gasteiger partial charge in [-0.15, -0.1) is 0 Å². The molecule has 30 heavy (non-hydrogen) atoms. The molecule has 0 heterocycles. The van der Waals surface area contributed by atoms with E-state index < -0.39 is 0 Å². The van der Waals surface area contributed by atoms with E-state index in [-0.39, 0.29) is 0 Å². The number of para-hydroxylation sites is 3. The summed E-state index contributed by atoms with van der Waals surface area (Å²) < 4.78 is 17.3. The van der Waals surface area contributed by atoms with Crippen molar-refractivity contribution < 1.29 is 14.2 Å². The van der Waals surface area contributed by atoms with Crippen molar-refractivity contribution in [2.75, 3.05) is 31.7 Å². The molecule has 0 saturated heterocycles. The van der Waals surface area contributed by atoms with Crippen molar-refractivity contribution in [1.82, 2.24) is 0 Å². The van der Waals surface area contributed by atoms with Crippen LogP contribution >= 0.6 is 23.2 Å². The fraction of sp³-hybridized carbons (Fsp3) is 0.250. The summed E-state index contributed by atoms with van der Waals surface area (Å²) in [4.78, 5) is 0. The summed E-state index contributed by atoms with van der Waals surface area (Å²) in [7, 11) is 0. The monoisotopic (exact) mass is 445 g/mol. The van der Waals surface area contributed by atoms with Crippen molar-refractivity contribution in [2.45, 2.75) is 12.8 Å². The van der Waals surface area contributed by atoms with Crippen molar-refractivity contribution >= 4 is 28.9 Å². The summed E-state index contributed by atoms with van der Waals surface area (Å²) in [6.07, 6.45) is 1.86. The van der Waals surface area contributed by atoms with Gasteiger partial charge in [0.05, 0.1) is 17.3 Å². The highest BCUT2D eigenvalue weighted by Gasteiger charge is 2.04. The molecule has 1 N–H and O–H groups in total. The second-order valence-electron chi connectivity index (χ2n) is 6.56. The summed E-state index contributed by atoms with van der Waals surface area (Å²) in [5, 5.41) is 4.56. The molecule has 158 valence electrons. The van der Waals surface area contributed by atoms with Crippen molar-refractivity contribution in [3.63, 3.8) is 0 Å². The molecule has 0 amide bonds. The van der Waals surface area contributed by atoms with Crippen LogP contribution in [0.5, 0.6) is 17.2 Å². The Balaban J connectivity index is 1.34. The van der Waals surface area contributed by atoms with Gasteiger partial charge in [0.2, 0.25) is 0 Å². The number of anilines is 1. The van der Waals surface area contributed by atoms with Gasteiger partial charge in [-0.25, -0.2) is 0 Å². The van der Waals surface area contributed by atoms with E-state index in [2.05, 4.69) is 5.32 Å². The third kappa shape index (κ3) is 7.36. The first-order valence-electron chi connectivity index (χ1n) is 9.94. The molecule has 6 heteroatoms.